The maximum absolute atomic E-state index is 13.4. The molecule has 0 heterocycles. The molecule has 0 saturated heterocycles. The van der Waals surface area contributed by atoms with Crippen LogP contribution in [0, 0.1) is 27.2 Å². The molecular weight excluding hydrogens is 490 g/mol. The molecule has 0 bridgehead atoms. The quantitative estimate of drug-likeness (QED) is 0.197. The average Bonchev–Trinajstić information content (AvgIpc) is 2.74. The van der Waals surface area contributed by atoms with Gasteiger partial charge < -0.3 is 9.47 Å². The lowest BCUT2D eigenvalue weighted by Gasteiger charge is -2.16. The summed E-state index contributed by atoms with van der Waals surface area (Å²) in [5.41, 5.74) is -4.23. The molecule has 0 saturated carbocycles. The number of aryl methyl sites for hydroxylation is 1. The van der Waals surface area contributed by atoms with E-state index in [0.29, 0.717) is 12.1 Å². The first kappa shape index (κ1) is 25.3. The molecule has 0 aliphatic heterocycles. The summed E-state index contributed by atoms with van der Waals surface area (Å²) in [5.74, 6) is -1.74. The van der Waals surface area contributed by atoms with Crippen LogP contribution in [-0.2, 0) is 12.4 Å². The molecule has 3 aromatic carbocycles. The van der Waals surface area contributed by atoms with Crippen LogP contribution in [-0.4, -0.2) is 9.85 Å². The van der Waals surface area contributed by atoms with E-state index >= 15 is 0 Å². The summed E-state index contributed by atoms with van der Waals surface area (Å²) in [7, 11) is 0. The van der Waals surface area contributed by atoms with Gasteiger partial charge in [-0.1, -0.05) is 0 Å². The first-order chi connectivity index (χ1) is 16.2. The predicted octanol–water partition coefficient (Wildman–Crippen LogP) is 7.43. The third kappa shape index (κ3) is 5.77. The molecular formula is C21H12F6N2O6. The molecule has 0 unspecified atom stereocenters. The van der Waals surface area contributed by atoms with E-state index in [0.717, 1.165) is 36.4 Å². The molecule has 0 spiro atoms. The molecule has 3 aromatic rings. The molecule has 35 heavy (non-hydrogen) atoms. The molecule has 0 fully saturated rings. The van der Waals surface area contributed by atoms with Crippen molar-refractivity contribution in [1.29, 1.82) is 0 Å². The lowest BCUT2D eigenvalue weighted by molar-refractivity contribution is -0.385. The van der Waals surface area contributed by atoms with Crippen molar-refractivity contribution in [2.45, 2.75) is 19.3 Å². The van der Waals surface area contributed by atoms with Crippen LogP contribution in [0.15, 0.2) is 54.6 Å². The minimum absolute atomic E-state index is 0.128. The summed E-state index contributed by atoms with van der Waals surface area (Å²) in [4.78, 5) is 19.6. The molecule has 0 amide bonds. The Morgan fingerprint density at radius 2 is 1.09 bits per heavy atom. The number of benzene rings is 3. The second-order valence-corrected chi connectivity index (χ2v) is 7.00. The number of nitro benzene ring substituents is 2. The summed E-state index contributed by atoms with van der Waals surface area (Å²) in [6.07, 6.45) is -9.94. The zero-order chi connectivity index (χ0) is 26.1. The predicted molar refractivity (Wildman–Crippen MR) is 108 cm³/mol. The third-order valence-corrected chi connectivity index (χ3v) is 4.55. The number of rotatable bonds is 6. The van der Waals surface area contributed by atoms with Crippen molar-refractivity contribution in [3.8, 4) is 23.0 Å². The van der Waals surface area contributed by atoms with Gasteiger partial charge >= 0.3 is 12.4 Å². The normalized spacial score (nSPS) is 11.7. The minimum Gasteiger partial charge on any atom is -0.457 e. The van der Waals surface area contributed by atoms with E-state index in [4.69, 9.17) is 9.47 Å². The van der Waals surface area contributed by atoms with Crippen molar-refractivity contribution in [3.63, 3.8) is 0 Å². The largest absolute Gasteiger partial charge is 0.457 e. The maximum Gasteiger partial charge on any atom is 0.420 e. The van der Waals surface area contributed by atoms with Gasteiger partial charge in [-0.25, -0.2) is 0 Å². The summed E-state index contributed by atoms with van der Waals surface area (Å²) in [5, 5.41) is 21.6. The van der Waals surface area contributed by atoms with E-state index in [9.17, 15) is 46.6 Å². The second kappa shape index (κ2) is 9.12. The third-order valence-electron chi connectivity index (χ3n) is 4.55. The van der Waals surface area contributed by atoms with E-state index in [2.05, 4.69) is 0 Å². The van der Waals surface area contributed by atoms with Crippen LogP contribution >= 0.6 is 0 Å². The van der Waals surface area contributed by atoms with Crippen molar-refractivity contribution in [3.05, 3.63) is 91.5 Å². The van der Waals surface area contributed by atoms with E-state index < -0.39 is 56.2 Å². The number of non-ortho nitro benzene ring substituents is 2. The Morgan fingerprint density at radius 1 is 0.657 bits per heavy atom. The Morgan fingerprint density at radius 3 is 1.49 bits per heavy atom. The fourth-order valence-electron chi connectivity index (χ4n) is 2.93. The van der Waals surface area contributed by atoms with E-state index in [1.54, 1.807) is 0 Å². The number of ether oxygens (including phenoxy) is 2. The molecule has 3 rings (SSSR count). The minimum atomic E-state index is -4.97. The molecule has 8 nitrogen and oxygen atoms in total. The van der Waals surface area contributed by atoms with Crippen LogP contribution in [0.3, 0.4) is 0 Å². The Balaban J connectivity index is 1.93. The van der Waals surface area contributed by atoms with Gasteiger partial charge in [-0.3, -0.25) is 20.2 Å². The smallest absolute Gasteiger partial charge is 0.420 e. The van der Waals surface area contributed by atoms with Gasteiger partial charge in [0, 0.05) is 24.3 Å². The fourth-order valence-corrected chi connectivity index (χ4v) is 2.93. The average molecular weight is 502 g/mol. The number of hydrogen-bond donors (Lipinski definition) is 0. The Labute approximate surface area is 191 Å². The lowest BCUT2D eigenvalue weighted by atomic mass is 10.1. The van der Waals surface area contributed by atoms with Crippen molar-refractivity contribution >= 4 is 11.4 Å². The van der Waals surface area contributed by atoms with Gasteiger partial charge in [-0.15, -0.1) is 0 Å². The molecule has 0 radical (unpaired) electrons. The molecule has 0 atom stereocenters. The van der Waals surface area contributed by atoms with Crippen LogP contribution in [0.2, 0.25) is 0 Å². The Kier molecular flexibility index (Phi) is 6.58. The van der Waals surface area contributed by atoms with E-state index in [1.165, 1.54) is 13.0 Å². The van der Waals surface area contributed by atoms with Crippen LogP contribution < -0.4 is 9.47 Å². The van der Waals surface area contributed by atoms with Crippen LogP contribution in [0.5, 0.6) is 23.0 Å². The number of nitro groups is 2. The second-order valence-electron chi connectivity index (χ2n) is 7.00. The molecule has 0 aliphatic carbocycles. The van der Waals surface area contributed by atoms with E-state index in [-0.39, 0.29) is 17.1 Å². The van der Waals surface area contributed by atoms with Crippen molar-refractivity contribution < 1.29 is 45.7 Å². The fraction of sp³-hybridized carbons (Fsp3) is 0.143. The molecule has 0 aromatic heterocycles. The first-order valence-corrected chi connectivity index (χ1v) is 9.34. The SMILES string of the molecule is Cc1cc(Oc2ccc([N+](=O)[O-])cc2C(F)(F)F)ccc1Oc1ccc([N+](=O)[O-])cc1C(F)(F)F. The summed E-state index contributed by atoms with van der Waals surface area (Å²) >= 11 is 0. The van der Waals surface area contributed by atoms with Gasteiger partial charge in [0.15, 0.2) is 0 Å². The number of alkyl halides is 6. The highest BCUT2D eigenvalue weighted by Crippen LogP contribution is 2.43. The summed E-state index contributed by atoms with van der Waals surface area (Å²) < 4.78 is 90.6. The molecule has 14 heteroatoms. The number of halogens is 6. The van der Waals surface area contributed by atoms with Crippen molar-refractivity contribution in [2.75, 3.05) is 0 Å². The standard InChI is InChI=1S/C21H12F6N2O6/c1-11-8-14(34-18-5-2-12(28(30)31)9-15(18)20(22,23)24)4-7-17(11)35-19-6-3-13(29(32)33)10-16(19)21(25,26)27/h2-10H,1H3. The van der Waals surface area contributed by atoms with Crippen LogP contribution in [0.4, 0.5) is 37.7 Å². The monoisotopic (exact) mass is 502 g/mol. The first-order valence-electron chi connectivity index (χ1n) is 9.34. The van der Waals surface area contributed by atoms with E-state index in [1.807, 2.05) is 0 Å². The van der Waals surface area contributed by atoms with Crippen molar-refractivity contribution in [1.82, 2.24) is 0 Å². The zero-order valence-corrected chi connectivity index (χ0v) is 17.3. The van der Waals surface area contributed by atoms with Gasteiger partial charge in [0.1, 0.15) is 34.1 Å². The van der Waals surface area contributed by atoms with Gasteiger partial charge in [-0.05, 0) is 42.8 Å². The van der Waals surface area contributed by atoms with Gasteiger partial charge in [0.25, 0.3) is 11.4 Å². The Hall–Kier alpha value is -4.36. The lowest BCUT2D eigenvalue weighted by Crippen LogP contribution is -2.08. The van der Waals surface area contributed by atoms with Gasteiger partial charge in [0.05, 0.1) is 9.85 Å². The summed E-state index contributed by atoms with van der Waals surface area (Å²) in [6, 6.07) is 7.24. The van der Waals surface area contributed by atoms with Crippen molar-refractivity contribution in [2.24, 2.45) is 0 Å². The highest BCUT2D eigenvalue weighted by Gasteiger charge is 2.37. The maximum atomic E-state index is 13.4. The molecule has 184 valence electrons. The van der Waals surface area contributed by atoms with Crippen LogP contribution in [0.25, 0.3) is 0 Å². The summed E-state index contributed by atoms with van der Waals surface area (Å²) in [6.45, 7) is 1.38. The zero-order valence-electron chi connectivity index (χ0n) is 17.3. The number of hydrogen-bond acceptors (Lipinski definition) is 6. The Bertz CT molecular complexity index is 1310. The molecule has 0 N–H and O–H groups in total. The van der Waals surface area contributed by atoms with Gasteiger partial charge in [-0.2, -0.15) is 26.3 Å². The van der Waals surface area contributed by atoms with Gasteiger partial charge in [0.2, 0.25) is 0 Å². The number of nitrogens with zero attached hydrogens (tertiary/aromatic N) is 2. The van der Waals surface area contributed by atoms with Crippen LogP contribution in [0.1, 0.15) is 16.7 Å². The highest BCUT2D eigenvalue weighted by molar-refractivity contribution is 5.51. The molecule has 0 aliphatic rings. The topological polar surface area (TPSA) is 105 Å². The highest BCUT2D eigenvalue weighted by atomic mass is 19.4.